The highest BCUT2D eigenvalue weighted by atomic mass is 32.2. The second kappa shape index (κ2) is 8.41. The van der Waals surface area contributed by atoms with E-state index in [0.29, 0.717) is 44.3 Å². The Morgan fingerprint density at radius 3 is 2.55 bits per heavy atom. The molecule has 1 aromatic heterocycles. The minimum Gasteiger partial charge on any atom is -0.378 e. The van der Waals surface area contributed by atoms with Crippen molar-refractivity contribution in [3.05, 3.63) is 77.0 Å². The van der Waals surface area contributed by atoms with E-state index in [1.165, 1.54) is 0 Å². The van der Waals surface area contributed by atoms with Gasteiger partial charge in [-0.25, -0.2) is 4.68 Å². The Hall–Kier alpha value is -2.61. The number of amides is 1. The van der Waals surface area contributed by atoms with Crippen LogP contribution in [0.1, 0.15) is 27.3 Å². The van der Waals surface area contributed by atoms with Crippen molar-refractivity contribution in [2.24, 2.45) is 5.73 Å². The molecule has 3 heterocycles. The van der Waals surface area contributed by atoms with Gasteiger partial charge in [0.05, 0.1) is 24.6 Å². The van der Waals surface area contributed by atoms with Crippen LogP contribution in [0.2, 0.25) is 0 Å². The van der Waals surface area contributed by atoms with Crippen LogP contribution in [0.3, 0.4) is 0 Å². The zero-order chi connectivity index (χ0) is 20.4. The second-order valence-corrected chi connectivity index (χ2v) is 7.85. The Bertz CT molecular complexity index is 985. The average molecular weight is 409 g/mol. The first-order chi connectivity index (χ1) is 14.2. The lowest BCUT2D eigenvalue weighted by atomic mass is 10.0. The SMILES string of the molecule is C=CC1=C(C=C)c2c(c(C(=O)N3CCOCC3)nn2-c2ccc(CN)cc2)CS1. The van der Waals surface area contributed by atoms with Crippen LogP contribution >= 0.6 is 11.8 Å². The third-order valence-corrected chi connectivity index (χ3v) is 6.31. The summed E-state index contributed by atoms with van der Waals surface area (Å²) in [7, 11) is 0. The Labute approximate surface area is 174 Å². The number of aromatic nitrogens is 2. The topological polar surface area (TPSA) is 73.4 Å². The van der Waals surface area contributed by atoms with Crippen molar-refractivity contribution in [3.8, 4) is 5.69 Å². The summed E-state index contributed by atoms with van der Waals surface area (Å²) in [5.74, 6) is 0.619. The largest absolute Gasteiger partial charge is 0.378 e. The van der Waals surface area contributed by atoms with Crippen LogP contribution in [0.25, 0.3) is 11.3 Å². The van der Waals surface area contributed by atoms with Crippen LogP contribution in [-0.4, -0.2) is 46.9 Å². The number of morpholine rings is 1. The minimum absolute atomic E-state index is 0.0482. The van der Waals surface area contributed by atoms with Crippen LogP contribution in [0.5, 0.6) is 0 Å². The molecule has 7 heteroatoms. The molecule has 1 amide bonds. The maximum absolute atomic E-state index is 13.3. The predicted molar refractivity (Wildman–Crippen MR) is 117 cm³/mol. The van der Waals surface area contributed by atoms with Crippen molar-refractivity contribution in [1.82, 2.24) is 14.7 Å². The molecule has 150 valence electrons. The molecule has 2 aliphatic rings. The lowest BCUT2D eigenvalue weighted by Crippen LogP contribution is -2.41. The predicted octanol–water partition coefficient (Wildman–Crippen LogP) is 3.13. The number of nitrogens with zero attached hydrogens (tertiary/aromatic N) is 3. The van der Waals surface area contributed by atoms with Gasteiger partial charge in [0.2, 0.25) is 0 Å². The lowest BCUT2D eigenvalue weighted by molar-refractivity contribution is 0.0298. The number of rotatable bonds is 5. The van der Waals surface area contributed by atoms with E-state index in [1.807, 2.05) is 46.0 Å². The van der Waals surface area contributed by atoms with Crippen molar-refractivity contribution in [3.63, 3.8) is 0 Å². The number of fused-ring (bicyclic) bond motifs is 1. The lowest BCUT2D eigenvalue weighted by Gasteiger charge is -2.26. The maximum Gasteiger partial charge on any atom is 0.274 e. The highest BCUT2D eigenvalue weighted by Gasteiger charge is 2.31. The van der Waals surface area contributed by atoms with Crippen molar-refractivity contribution in [2.75, 3.05) is 26.3 Å². The number of carbonyl (C=O) groups excluding carboxylic acids is 1. The molecular weight excluding hydrogens is 384 g/mol. The Morgan fingerprint density at radius 2 is 1.93 bits per heavy atom. The second-order valence-electron chi connectivity index (χ2n) is 6.84. The van der Waals surface area contributed by atoms with E-state index in [2.05, 4.69) is 13.2 Å². The van der Waals surface area contributed by atoms with E-state index in [-0.39, 0.29) is 5.91 Å². The molecule has 0 radical (unpaired) electrons. The summed E-state index contributed by atoms with van der Waals surface area (Å²) in [6, 6.07) is 7.93. The standard InChI is InChI=1S/C22H24N4O2S/c1-3-17-19(4-2)29-14-18-20(22(27)25-9-11-28-12-10-25)24-26(21(17)18)16-7-5-15(13-23)6-8-16/h3-8H,1-2,9-14,23H2. The number of hydrogen-bond donors (Lipinski definition) is 1. The number of hydrogen-bond acceptors (Lipinski definition) is 5. The summed E-state index contributed by atoms with van der Waals surface area (Å²) in [4.78, 5) is 16.1. The molecule has 2 aliphatic heterocycles. The van der Waals surface area contributed by atoms with Crippen LogP contribution in [0.15, 0.2) is 54.5 Å². The van der Waals surface area contributed by atoms with Crippen LogP contribution in [0.4, 0.5) is 0 Å². The molecule has 1 fully saturated rings. The molecule has 0 spiro atoms. The molecule has 1 saturated heterocycles. The average Bonchev–Trinajstić information content (AvgIpc) is 3.18. The van der Waals surface area contributed by atoms with Crippen molar-refractivity contribution < 1.29 is 9.53 Å². The highest BCUT2D eigenvalue weighted by Crippen LogP contribution is 2.41. The summed E-state index contributed by atoms with van der Waals surface area (Å²) >= 11 is 1.66. The van der Waals surface area contributed by atoms with E-state index in [1.54, 1.807) is 11.8 Å². The molecule has 4 rings (SSSR count). The summed E-state index contributed by atoms with van der Waals surface area (Å²) in [5, 5.41) is 4.78. The van der Waals surface area contributed by atoms with E-state index in [0.717, 1.165) is 33.0 Å². The fourth-order valence-electron chi connectivity index (χ4n) is 3.62. The third-order valence-electron chi connectivity index (χ3n) is 5.18. The highest BCUT2D eigenvalue weighted by molar-refractivity contribution is 8.02. The first kappa shape index (κ1) is 19.7. The molecule has 2 aromatic rings. The monoisotopic (exact) mass is 408 g/mol. The van der Waals surface area contributed by atoms with Gasteiger partial charge in [-0.1, -0.05) is 37.4 Å². The molecule has 0 bridgehead atoms. The third kappa shape index (κ3) is 3.57. The number of benzene rings is 1. The van der Waals surface area contributed by atoms with Gasteiger partial charge in [-0.3, -0.25) is 4.79 Å². The number of allylic oxidation sites excluding steroid dienone is 3. The summed E-state index contributed by atoms with van der Waals surface area (Å²) in [5.41, 5.74) is 11.0. The Balaban J connectivity index is 1.87. The zero-order valence-electron chi connectivity index (χ0n) is 16.3. The van der Waals surface area contributed by atoms with Gasteiger partial charge in [-0.2, -0.15) is 5.10 Å². The molecule has 6 nitrogen and oxygen atoms in total. The van der Waals surface area contributed by atoms with Gasteiger partial charge < -0.3 is 15.4 Å². The quantitative estimate of drug-likeness (QED) is 0.823. The van der Waals surface area contributed by atoms with Crippen LogP contribution in [-0.2, 0) is 17.0 Å². The van der Waals surface area contributed by atoms with Gasteiger partial charge in [0, 0.05) is 41.4 Å². The molecule has 2 N–H and O–H groups in total. The molecule has 0 aliphatic carbocycles. The van der Waals surface area contributed by atoms with E-state index in [4.69, 9.17) is 15.6 Å². The Morgan fingerprint density at radius 1 is 1.21 bits per heavy atom. The van der Waals surface area contributed by atoms with Gasteiger partial charge in [0.15, 0.2) is 5.69 Å². The molecule has 0 saturated carbocycles. The van der Waals surface area contributed by atoms with Crippen molar-refractivity contribution in [1.29, 1.82) is 0 Å². The summed E-state index contributed by atoms with van der Waals surface area (Å²) in [6.45, 7) is 10.7. The normalized spacial score (nSPS) is 16.5. The van der Waals surface area contributed by atoms with Crippen LogP contribution < -0.4 is 5.73 Å². The number of nitrogens with two attached hydrogens (primary N) is 1. The molecule has 0 atom stereocenters. The summed E-state index contributed by atoms with van der Waals surface area (Å²) in [6.07, 6.45) is 3.65. The summed E-state index contributed by atoms with van der Waals surface area (Å²) < 4.78 is 7.24. The van der Waals surface area contributed by atoms with E-state index < -0.39 is 0 Å². The fraction of sp³-hybridized carbons (Fsp3) is 0.273. The smallest absolute Gasteiger partial charge is 0.274 e. The molecular formula is C22H24N4O2S. The maximum atomic E-state index is 13.3. The van der Waals surface area contributed by atoms with Gasteiger partial charge in [-0.05, 0) is 17.7 Å². The first-order valence-electron chi connectivity index (χ1n) is 9.58. The van der Waals surface area contributed by atoms with Crippen molar-refractivity contribution >= 4 is 23.2 Å². The van der Waals surface area contributed by atoms with E-state index in [9.17, 15) is 4.79 Å². The van der Waals surface area contributed by atoms with Gasteiger partial charge >= 0.3 is 0 Å². The molecule has 0 unspecified atom stereocenters. The molecule has 1 aromatic carbocycles. The number of ether oxygens (including phenoxy) is 1. The number of thioether (sulfide) groups is 1. The van der Waals surface area contributed by atoms with E-state index >= 15 is 0 Å². The van der Waals surface area contributed by atoms with Gasteiger partial charge in [0.25, 0.3) is 5.91 Å². The van der Waals surface area contributed by atoms with Crippen LogP contribution in [0, 0.1) is 0 Å². The fourth-order valence-corrected chi connectivity index (χ4v) is 4.65. The minimum atomic E-state index is -0.0482. The first-order valence-corrected chi connectivity index (χ1v) is 10.6. The zero-order valence-corrected chi connectivity index (χ0v) is 17.1. The number of carbonyl (C=O) groups is 1. The van der Waals surface area contributed by atoms with Gasteiger partial charge in [-0.15, -0.1) is 11.8 Å². The van der Waals surface area contributed by atoms with Crippen molar-refractivity contribution in [2.45, 2.75) is 12.3 Å². The molecule has 29 heavy (non-hydrogen) atoms. The Kier molecular flexibility index (Phi) is 5.71. The van der Waals surface area contributed by atoms with Gasteiger partial charge in [0.1, 0.15) is 0 Å².